The zero-order chi connectivity index (χ0) is 14.3. The molecule has 0 unspecified atom stereocenters. The van der Waals surface area contributed by atoms with Crippen LogP contribution in [0.2, 0.25) is 0 Å². The molecule has 2 N–H and O–H groups in total. The predicted octanol–water partition coefficient (Wildman–Crippen LogP) is 4.27. The third kappa shape index (κ3) is 4.43. The summed E-state index contributed by atoms with van der Waals surface area (Å²) in [5.74, 6) is 0. The Morgan fingerprint density at radius 1 is 1.26 bits per heavy atom. The smallest absolute Gasteiger partial charge is 0.0425 e. The summed E-state index contributed by atoms with van der Waals surface area (Å²) in [5, 5.41) is 0. The second kappa shape index (κ2) is 8.49. The van der Waals surface area contributed by atoms with Gasteiger partial charge in [-0.2, -0.15) is 0 Å². The summed E-state index contributed by atoms with van der Waals surface area (Å²) in [6, 6.07) is 7.05. The molecular formula is C16H28N2S. The lowest BCUT2D eigenvalue weighted by Crippen LogP contribution is -2.33. The van der Waals surface area contributed by atoms with Crippen LogP contribution < -0.4 is 10.6 Å². The molecule has 0 heterocycles. The summed E-state index contributed by atoms with van der Waals surface area (Å²) in [7, 11) is 0. The molecule has 1 aromatic rings. The molecule has 0 aliphatic rings. The molecule has 0 saturated heterocycles. The van der Waals surface area contributed by atoms with E-state index in [1.54, 1.807) is 11.8 Å². The topological polar surface area (TPSA) is 29.3 Å². The van der Waals surface area contributed by atoms with Crippen molar-refractivity contribution in [2.45, 2.75) is 57.5 Å². The monoisotopic (exact) mass is 280 g/mol. The lowest BCUT2D eigenvalue weighted by Gasteiger charge is -2.31. The van der Waals surface area contributed by atoms with Gasteiger partial charge >= 0.3 is 0 Å². The largest absolute Gasteiger partial charge is 0.369 e. The third-order valence-corrected chi connectivity index (χ3v) is 4.29. The quantitative estimate of drug-likeness (QED) is 0.569. The standard InChI is InChI=1S/C16H28N2S/c1-5-6-7-11-18(13(2)3)15-9-8-10-16(19-4)14(15)12-17/h8-10,13H,5-7,11-12,17H2,1-4H3. The highest BCUT2D eigenvalue weighted by atomic mass is 32.2. The number of thioether (sulfide) groups is 1. The first-order valence-electron chi connectivity index (χ1n) is 7.28. The summed E-state index contributed by atoms with van der Waals surface area (Å²) >= 11 is 1.78. The molecule has 1 rings (SSSR count). The third-order valence-electron chi connectivity index (χ3n) is 3.47. The molecule has 19 heavy (non-hydrogen) atoms. The Hall–Kier alpha value is -0.670. The van der Waals surface area contributed by atoms with E-state index in [4.69, 9.17) is 5.73 Å². The number of benzene rings is 1. The Labute approximate surface area is 122 Å². The van der Waals surface area contributed by atoms with Crippen molar-refractivity contribution in [3.05, 3.63) is 23.8 Å². The van der Waals surface area contributed by atoms with Gasteiger partial charge in [-0.15, -0.1) is 11.8 Å². The first-order valence-corrected chi connectivity index (χ1v) is 8.50. The lowest BCUT2D eigenvalue weighted by atomic mass is 10.1. The zero-order valence-electron chi connectivity index (χ0n) is 12.8. The van der Waals surface area contributed by atoms with Crippen LogP contribution in [0, 0.1) is 0 Å². The second-order valence-electron chi connectivity index (χ2n) is 5.16. The number of hydrogen-bond donors (Lipinski definition) is 1. The van der Waals surface area contributed by atoms with Crippen LogP contribution >= 0.6 is 11.8 Å². The highest BCUT2D eigenvalue weighted by Crippen LogP contribution is 2.30. The van der Waals surface area contributed by atoms with Crippen molar-refractivity contribution < 1.29 is 0 Å². The lowest BCUT2D eigenvalue weighted by molar-refractivity contribution is 0.623. The molecule has 2 nitrogen and oxygen atoms in total. The van der Waals surface area contributed by atoms with Crippen molar-refractivity contribution >= 4 is 17.4 Å². The number of nitrogens with two attached hydrogens (primary N) is 1. The Kier molecular flexibility index (Phi) is 7.32. The van der Waals surface area contributed by atoms with Crippen molar-refractivity contribution in [1.82, 2.24) is 0 Å². The maximum absolute atomic E-state index is 5.98. The van der Waals surface area contributed by atoms with Crippen molar-refractivity contribution in [3.8, 4) is 0 Å². The van der Waals surface area contributed by atoms with Crippen LogP contribution in [0.25, 0.3) is 0 Å². The molecule has 0 spiro atoms. The normalized spacial score (nSPS) is 11.1. The van der Waals surface area contributed by atoms with Gasteiger partial charge in [-0.25, -0.2) is 0 Å². The van der Waals surface area contributed by atoms with Gasteiger partial charge in [-0.05, 0) is 38.7 Å². The molecule has 3 heteroatoms. The van der Waals surface area contributed by atoms with Gasteiger partial charge in [-0.1, -0.05) is 25.8 Å². The van der Waals surface area contributed by atoms with Gasteiger partial charge in [-0.3, -0.25) is 0 Å². The van der Waals surface area contributed by atoms with Crippen molar-refractivity contribution in [2.75, 3.05) is 17.7 Å². The van der Waals surface area contributed by atoms with E-state index in [1.165, 1.54) is 35.4 Å². The van der Waals surface area contributed by atoms with Crippen molar-refractivity contribution in [3.63, 3.8) is 0 Å². The highest BCUT2D eigenvalue weighted by molar-refractivity contribution is 7.98. The van der Waals surface area contributed by atoms with E-state index in [2.05, 4.69) is 50.1 Å². The van der Waals surface area contributed by atoms with Crippen LogP contribution in [0.3, 0.4) is 0 Å². The van der Waals surface area contributed by atoms with Gasteiger partial charge < -0.3 is 10.6 Å². The second-order valence-corrected chi connectivity index (χ2v) is 6.00. The molecule has 0 atom stereocenters. The number of anilines is 1. The number of rotatable bonds is 8. The number of nitrogens with zero attached hydrogens (tertiary/aromatic N) is 1. The summed E-state index contributed by atoms with van der Waals surface area (Å²) in [5.41, 5.74) is 8.59. The molecular weight excluding hydrogens is 252 g/mol. The number of unbranched alkanes of at least 4 members (excludes halogenated alkanes) is 2. The summed E-state index contributed by atoms with van der Waals surface area (Å²) < 4.78 is 0. The molecule has 0 radical (unpaired) electrons. The van der Waals surface area contributed by atoms with E-state index in [1.807, 2.05) is 0 Å². The van der Waals surface area contributed by atoms with Crippen LogP contribution in [0.4, 0.5) is 5.69 Å². The van der Waals surface area contributed by atoms with Crippen LogP contribution in [0.5, 0.6) is 0 Å². The van der Waals surface area contributed by atoms with Crippen molar-refractivity contribution in [2.24, 2.45) is 5.73 Å². The predicted molar refractivity (Wildman–Crippen MR) is 88.1 cm³/mol. The minimum absolute atomic E-state index is 0.513. The summed E-state index contributed by atoms with van der Waals surface area (Å²) in [6.07, 6.45) is 5.93. The maximum atomic E-state index is 5.98. The van der Waals surface area contributed by atoms with Crippen LogP contribution in [0.15, 0.2) is 23.1 Å². The number of hydrogen-bond acceptors (Lipinski definition) is 3. The molecule has 0 aromatic heterocycles. The van der Waals surface area contributed by atoms with E-state index in [0.29, 0.717) is 12.6 Å². The molecule has 0 aliphatic heterocycles. The Morgan fingerprint density at radius 2 is 2.00 bits per heavy atom. The van der Waals surface area contributed by atoms with Crippen LogP contribution in [0.1, 0.15) is 45.6 Å². The Bertz CT molecular complexity index is 377. The fourth-order valence-corrected chi connectivity index (χ4v) is 3.06. The fraction of sp³-hybridized carbons (Fsp3) is 0.625. The first-order chi connectivity index (χ1) is 9.15. The average Bonchev–Trinajstić information content (AvgIpc) is 2.42. The van der Waals surface area contributed by atoms with Gasteiger partial charge in [0.2, 0.25) is 0 Å². The zero-order valence-corrected chi connectivity index (χ0v) is 13.6. The minimum atomic E-state index is 0.513. The van der Waals surface area contributed by atoms with E-state index in [-0.39, 0.29) is 0 Å². The van der Waals surface area contributed by atoms with Crippen LogP contribution in [-0.2, 0) is 6.54 Å². The average molecular weight is 280 g/mol. The Morgan fingerprint density at radius 3 is 2.53 bits per heavy atom. The van der Waals surface area contributed by atoms with Gasteiger partial charge in [0.05, 0.1) is 0 Å². The summed E-state index contributed by atoms with van der Waals surface area (Å²) in [4.78, 5) is 3.80. The van der Waals surface area contributed by atoms with E-state index in [9.17, 15) is 0 Å². The first kappa shape index (κ1) is 16.4. The molecule has 108 valence electrons. The molecule has 0 amide bonds. The molecule has 1 aromatic carbocycles. The Balaban J connectivity index is 3.01. The minimum Gasteiger partial charge on any atom is -0.369 e. The van der Waals surface area contributed by atoms with Gasteiger partial charge in [0.1, 0.15) is 0 Å². The summed E-state index contributed by atoms with van der Waals surface area (Å²) in [6.45, 7) is 8.51. The van der Waals surface area contributed by atoms with Gasteiger partial charge in [0.25, 0.3) is 0 Å². The van der Waals surface area contributed by atoms with Crippen LogP contribution in [-0.4, -0.2) is 18.8 Å². The highest BCUT2D eigenvalue weighted by Gasteiger charge is 2.15. The molecule has 0 saturated carbocycles. The molecule has 0 aliphatic carbocycles. The molecule has 0 fully saturated rings. The maximum Gasteiger partial charge on any atom is 0.0425 e. The van der Waals surface area contributed by atoms with Gasteiger partial charge in [0, 0.05) is 35.3 Å². The van der Waals surface area contributed by atoms with E-state index >= 15 is 0 Å². The van der Waals surface area contributed by atoms with E-state index in [0.717, 1.165) is 6.54 Å². The van der Waals surface area contributed by atoms with E-state index < -0.39 is 0 Å². The van der Waals surface area contributed by atoms with Crippen molar-refractivity contribution in [1.29, 1.82) is 0 Å². The molecule has 0 bridgehead atoms. The van der Waals surface area contributed by atoms with Gasteiger partial charge in [0.15, 0.2) is 0 Å². The fourth-order valence-electron chi connectivity index (χ4n) is 2.41. The SMILES string of the molecule is CCCCCN(c1cccc(SC)c1CN)C(C)C.